The summed E-state index contributed by atoms with van der Waals surface area (Å²) in [6, 6.07) is 5.91. The predicted molar refractivity (Wildman–Crippen MR) is 90.9 cm³/mol. The van der Waals surface area contributed by atoms with E-state index in [0.29, 0.717) is 11.6 Å². The molecule has 1 aliphatic rings. The molecule has 1 aromatic carbocycles. The molecule has 1 aliphatic carbocycles. The van der Waals surface area contributed by atoms with E-state index in [1.54, 1.807) is 0 Å². The molecule has 132 valence electrons. The van der Waals surface area contributed by atoms with Crippen LogP contribution >= 0.6 is 0 Å². The zero-order chi connectivity index (χ0) is 17.9. The van der Waals surface area contributed by atoms with Crippen LogP contribution in [0.15, 0.2) is 29.2 Å². The van der Waals surface area contributed by atoms with Gasteiger partial charge in [-0.25, -0.2) is 8.42 Å². The highest BCUT2D eigenvalue weighted by Gasteiger charge is 2.30. The Morgan fingerprint density at radius 3 is 2.33 bits per heavy atom. The molecule has 24 heavy (non-hydrogen) atoms. The summed E-state index contributed by atoms with van der Waals surface area (Å²) in [6.45, 7) is 3.08. The summed E-state index contributed by atoms with van der Waals surface area (Å²) in [5.74, 6) is -0.0308. The SMILES string of the molecule is CC(=O)Nc1ccc(S(=O)(=O)N(C)CC(=O)N[C@@H](C)C2CC2)cc1. The minimum Gasteiger partial charge on any atom is -0.352 e. The molecule has 7 nitrogen and oxygen atoms in total. The monoisotopic (exact) mass is 353 g/mol. The number of sulfonamides is 1. The lowest BCUT2D eigenvalue weighted by atomic mass is 10.2. The number of carbonyl (C=O) groups excluding carboxylic acids is 2. The van der Waals surface area contributed by atoms with E-state index in [9.17, 15) is 18.0 Å². The Morgan fingerprint density at radius 2 is 1.83 bits per heavy atom. The number of carbonyl (C=O) groups is 2. The van der Waals surface area contributed by atoms with Gasteiger partial charge in [0.15, 0.2) is 0 Å². The minimum atomic E-state index is -3.76. The van der Waals surface area contributed by atoms with E-state index in [-0.39, 0.29) is 29.3 Å². The van der Waals surface area contributed by atoms with Crippen molar-refractivity contribution in [1.82, 2.24) is 9.62 Å². The largest absolute Gasteiger partial charge is 0.352 e. The number of rotatable bonds is 7. The number of nitrogens with zero attached hydrogens (tertiary/aromatic N) is 1. The van der Waals surface area contributed by atoms with Crippen LogP contribution in [-0.2, 0) is 19.6 Å². The van der Waals surface area contributed by atoms with Crippen molar-refractivity contribution in [2.75, 3.05) is 18.9 Å². The van der Waals surface area contributed by atoms with Gasteiger partial charge in [-0.05, 0) is 49.9 Å². The van der Waals surface area contributed by atoms with Crippen molar-refractivity contribution >= 4 is 27.5 Å². The molecule has 2 rings (SSSR count). The van der Waals surface area contributed by atoms with Crippen molar-refractivity contribution in [3.63, 3.8) is 0 Å². The maximum absolute atomic E-state index is 12.5. The first kappa shape index (κ1) is 18.4. The highest BCUT2D eigenvalue weighted by atomic mass is 32.2. The first-order valence-electron chi connectivity index (χ1n) is 7.83. The van der Waals surface area contributed by atoms with E-state index in [2.05, 4.69) is 10.6 Å². The number of hydrogen-bond acceptors (Lipinski definition) is 4. The second-order valence-corrected chi connectivity index (χ2v) is 8.21. The Hall–Kier alpha value is -1.93. The molecule has 1 aromatic rings. The lowest BCUT2D eigenvalue weighted by Crippen LogP contribution is -2.42. The van der Waals surface area contributed by atoms with E-state index >= 15 is 0 Å². The second-order valence-electron chi connectivity index (χ2n) is 6.16. The molecule has 0 aliphatic heterocycles. The Morgan fingerprint density at radius 1 is 1.25 bits per heavy atom. The molecule has 2 amide bonds. The van der Waals surface area contributed by atoms with Crippen molar-refractivity contribution in [1.29, 1.82) is 0 Å². The van der Waals surface area contributed by atoms with Crippen molar-refractivity contribution in [3.05, 3.63) is 24.3 Å². The number of nitrogens with one attached hydrogen (secondary N) is 2. The number of benzene rings is 1. The van der Waals surface area contributed by atoms with E-state index in [1.807, 2.05) is 6.92 Å². The summed E-state index contributed by atoms with van der Waals surface area (Å²) in [5.41, 5.74) is 0.514. The van der Waals surface area contributed by atoms with Crippen LogP contribution < -0.4 is 10.6 Å². The topological polar surface area (TPSA) is 95.6 Å². The fourth-order valence-corrected chi connectivity index (χ4v) is 3.52. The molecule has 1 atom stereocenters. The van der Waals surface area contributed by atoms with Gasteiger partial charge in [0.2, 0.25) is 21.8 Å². The third kappa shape index (κ3) is 4.78. The van der Waals surface area contributed by atoms with Gasteiger partial charge in [0, 0.05) is 25.7 Å². The Kier molecular flexibility index (Phi) is 5.61. The maximum Gasteiger partial charge on any atom is 0.243 e. The van der Waals surface area contributed by atoms with E-state index in [0.717, 1.165) is 17.1 Å². The van der Waals surface area contributed by atoms with Crippen molar-refractivity contribution in [3.8, 4) is 0 Å². The van der Waals surface area contributed by atoms with Crippen LogP contribution in [0.25, 0.3) is 0 Å². The Bertz CT molecular complexity index is 711. The van der Waals surface area contributed by atoms with Crippen molar-refractivity contribution in [2.24, 2.45) is 5.92 Å². The van der Waals surface area contributed by atoms with E-state index in [4.69, 9.17) is 0 Å². The lowest BCUT2D eigenvalue weighted by Gasteiger charge is -2.19. The molecule has 1 saturated carbocycles. The maximum atomic E-state index is 12.5. The average molecular weight is 353 g/mol. The van der Waals surface area contributed by atoms with Gasteiger partial charge in [0.05, 0.1) is 11.4 Å². The zero-order valence-electron chi connectivity index (χ0n) is 14.1. The van der Waals surface area contributed by atoms with Gasteiger partial charge in [0.1, 0.15) is 0 Å². The predicted octanol–water partition coefficient (Wildman–Crippen LogP) is 1.18. The van der Waals surface area contributed by atoms with Crippen LogP contribution in [0.3, 0.4) is 0 Å². The zero-order valence-corrected chi connectivity index (χ0v) is 14.9. The summed E-state index contributed by atoms with van der Waals surface area (Å²) in [6.07, 6.45) is 2.21. The standard InChI is InChI=1S/C16H23N3O4S/c1-11(13-4-5-13)17-16(21)10-19(3)24(22,23)15-8-6-14(7-9-15)18-12(2)20/h6-9,11,13H,4-5,10H2,1-3H3,(H,17,21)(H,18,20)/t11-/m0/s1. The van der Waals surface area contributed by atoms with E-state index < -0.39 is 10.0 Å². The molecule has 0 unspecified atom stereocenters. The van der Waals surface area contributed by atoms with Gasteiger partial charge >= 0.3 is 0 Å². The minimum absolute atomic E-state index is 0.0714. The smallest absolute Gasteiger partial charge is 0.243 e. The van der Waals surface area contributed by atoms with Crippen LogP contribution in [0.1, 0.15) is 26.7 Å². The number of amides is 2. The van der Waals surface area contributed by atoms with Gasteiger partial charge in [-0.15, -0.1) is 0 Å². The van der Waals surface area contributed by atoms with Gasteiger partial charge in [-0.2, -0.15) is 4.31 Å². The third-order valence-electron chi connectivity index (χ3n) is 3.97. The quantitative estimate of drug-likeness (QED) is 0.769. The molecule has 2 N–H and O–H groups in total. The summed E-state index contributed by atoms with van der Waals surface area (Å²) in [4.78, 5) is 23.0. The normalized spacial score (nSPS) is 15.8. The highest BCUT2D eigenvalue weighted by molar-refractivity contribution is 7.89. The molecule has 0 spiro atoms. The number of hydrogen-bond donors (Lipinski definition) is 2. The van der Waals surface area contributed by atoms with Gasteiger partial charge in [0.25, 0.3) is 0 Å². The van der Waals surface area contributed by atoms with Crippen LogP contribution in [-0.4, -0.2) is 44.2 Å². The molecule has 0 radical (unpaired) electrons. The first-order valence-corrected chi connectivity index (χ1v) is 9.27. The first-order chi connectivity index (χ1) is 11.2. The fourth-order valence-electron chi connectivity index (χ4n) is 2.39. The van der Waals surface area contributed by atoms with Crippen molar-refractivity contribution in [2.45, 2.75) is 37.6 Å². The molecule has 0 aromatic heterocycles. The van der Waals surface area contributed by atoms with Crippen LogP contribution in [0.5, 0.6) is 0 Å². The van der Waals surface area contributed by atoms with Crippen molar-refractivity contribution < 1.29 is 18.0 Å². The number of likely N-dealkylation sites (N-methyl/N-ethyl adjacent to an activating group) is 1. The summed E-state index contributed by atoms with van der Waals surface area (Å²) < 4.78 is 26.0. The van der Waals surface area contributed by atoms with Crippen LogP contribution in [0, 0.1) is 5.92 Å². The molecule has 0 saturated heterocycles. The molecular weight excluding hydrogens is 330 g/mol. The molecule has 0 bridgehead atoms. The molecule has 0 heterocycles. The van der Waals surface area contributed by atoms with Gasteiger partial charge < -0.3 is 10.6 Å². The fraction of sp³-hybridized carbons (Fsp3) is 0.500. The number of anilines is 1. The Labute approximate surface area is 142 Å². The van der Waals surface area contributed by atoms with Gasteiger partial charge in [-0.1, -0.05) is 0 Å². The summed E-state index contributed by atoms with van der Waals surface area (Å²) in [5, 5.41) is 5.41. The third-order valence-corrected chi connectivity index (χ3v) is 5.78. The average Bonchev–Trinajstić information content (AvgIpc) is 3.31. The van der Waals surface area contributed by atoms with Crippen LogP contribution in [0.2, 0.25) is 0 Å². The molecule has 8 heteroatoms. The summed E-state index contributed by atoms with van der Waals surface area (Å²) in [7, 11) is -2.39. The Balaban J connectivity index is 1.99. The lowest BCUT2D eigenvalue weighted by molar-refractivity contribution is -0.121. The summed E-state index contributed by atoms with van der Waals surface area (Å²) >= 11 is 0. The van der Waals surface area contributed by atoms with Gasteiger partial charge in [-0.3, -0.25) is 9.59 Å². The van der Waals surface area contributed by atoms with E-state index in [1.165, 1.54) is 38.2 Å². The second kappa shape index (κ2) is 7.31. The van der Waals surface area contributed by atoms with Crippen LogP contribution in [0.4, 0.5) is 5.69 Å². The molecular formula is C16H23N3O4S. The molecule has 1 fully saturated rings. The highest BCUT2D eigenvalue weighted by Crippen LogP contribution is 2.32.